The zero-order chi connectivity index (χ0) is 17.6. The number of carbonyl (C=O) groups excluding carboxylic acids is 1. The van der Waals surface area contributed by atoms with Crippen LogP contribution in [0.4, 0.5) is 35.1 Å². The maximum Gasteiger partial charge on any atom is 0.449 e. The Labute approximate surface area is 117 Å². The Morgan fingerprint density at radius 3 is 2.14 bits per heavy atom. The molecule has 3 unspecified atom stereocenters. The Hall–Kier alpha value is -1.43. The second kappa shape index (κ2) is 5.33. The van der Waals surface area contributed by atoms with Crippen LogP contribution in [0.15, 0.2) is 12.7 Å². The van der Waals surface area contributed by atoms with E-state index in [0.29, 0.717) is 0 Å². The molecule has 0 aromatic rings. The molecule has 1 saturated heterocycles. The average molecular weight is 344 g/mol. The summed E-state index contributed by atoms with van der Waals surface area (Å²) in [4.78, 5) is 10.8. The van der Waals surface area contributed by atoms with Gasteiger partial charge in [-0.15, -0.1) is 0 Å². The summed E-state index contributed by atoms with van der Waals surface area (Å²) in [5, 5.41) is 9.01. The Morgan fingerprint density at radius 2 is 1.77 bits per heavy atom. The largest absolute Gasteiger partial charge is 0.452 e. The van der Waals surface area contributed by atoms with Gasteiger partial charge in [-0.1, -0.05) is 6.58 Å². The van der Waals surface area contributed by atoms with Gasteiger partial charge in [-0.3, -0.25) is 0 Å². The molecular weight excluding hydrogens is 336 g/mol. The molecule has 0 aliphatic carbocycles. The minimum absolute atomic E-state index is 0.265. The van der Waals surface area contributed by atoms with E-state index in [1.54, 1.807) is 0 Å². The number of hydrogen-bond donors (Lipinski definition) is 1. The van der Waals surface area contributed by atoms with Crippen LogP contribution in [-0.2, 0) is 14.3 Å². The fourth-order valence-electron chi connectivity index (χ4n) is 1.66. The van der Waals surface area contributed by atoms with Gasteiger partial charge >= 0.3 is 30.0 Å². The van der Waals surface area contributed by atoms with Crippen molar-refractivity contribution in [1.82, 2.24) is 0 Å². The first kappa shape index (κ1) is 18.6. The van der Waals surface area contributed by atoms with Crippen LogP contribution in [0, 0.1) is 0 Å². The Kier molecular flexibility index (Phi) is 4.51. The third kappa shape index (κ3) is 3.02. The molecule has 22 heavy (non-hydrogen) atoms. The van der Waals surface area contributed by atoms with Crippen LogP contribution in [0.25, 0.3) is 0 Å². The van der Waals surface area contributed by atoms with Gasteiger partial charge in [0, 0.05) is 12.5 Å². The molecule has 1 aliphatic heterocycles. The van der Waals surface area contributed by atoms with Crippen LogP contribution in [0.2, 0.25) is 0 Å². The number of rotatable bonds is 2. The van der Waals surface area contributed by atoms with Crippen LogP contribution in [-0.4, -0.2) is 47.3 Å². The number of carbonyl (C=O) groups is 1. The predicted octanol–water partition coefficient (Wildman–Crippen LogP) is 2.32. The molecule has 1 rings (SSSR count). The lowest BCUT2D eigenvalue weighted by Gasteiger charge is -2.46. The van der Waals surface area contributed by atoms with Crippen molar-refractivity contribution in [2.24, 2.45) is 0 Å². The van der Waals surface area contributed by atoms with Gasteiger partial charge in [0.05, 0.1) is 0 Å². The van der Waals surface area contributed by atoms with E-state index in [9.17, 15) is 39.9 Å². The molecule has 1 fully saturated rings. The maximum absolute atomic E-state index is 13.7. The van der Waals surface area contributed by atoms with E-state index in [1.807, 2.05) is 0 Å². The van der Waals surface area contributed by atoms with E-state index in [4.69, 9.17) is 5.11 Å². The van der Waals surface area contributed by atoms with Crippen molar-refractivity contribution in [3.8, 4) is 0 Å². The molecule has 1 heterocycles. The predicted molar refractivity (Wildman–Crippen MR) is 51.6 cm³/mol. The van der Waals surface area contributed by atoms with Crippen molar-refractivity contribution in [2.75, 3.05) is 0 Å². The summed E-state index contributed by atoms with van der Waals surface area (Å²) in [6.45, 7) is 2.77. The number of halogens is 8. The molecule has 0 bridgehead atoms. The van der Waals surface area contributed by atoms with Gasteiger partial charge in [-0.25, -0.2) is 4.79 Å². The second-order valence-electron chi connectivity index (χ2n) is 4.28. The molecule has 0 spiro atoms. The summed E-state index contributed by atoms with van der Waals surface area (Å²) in [5.74, 6) is -12.5. The van der Waals surface area contributed by atoms with Crippen LogP contribution >= 0.6 is 0 Å². The summed E-state index contributed by atoms with van der Waals surface area (Å²) in [6, 6.07) is 0. The highest BCUT2D eigenvalue weighted by Crippen LogP contribution is 2.52. The van der Waals surface area contributed by atoms with E-state index in [1.165, 1.54) is 0 Å². The van der Waals surface area contributed by atoms with Crippen LogP contribution in [0.3, 0.4) is 0 Å². The van der Waals surface area contributed by atoms with Gasteiger partial charge in [-0.05, 0) is 0 Å². The Balaban J connectivity index is 3.32. The van der Waals surface area contributed by atoms with E-state index < -0.39 is 48.7 Å². The topological polar surface area (TPSA) is 55.8 Å². The number of hydrogen-bond acceptors (Lipinski definition) is 4. The van der Waals surface area contributed by atoms with Crippen molar-refractivity contribution in [3.63, 3.8) is 0 Å². The minimum atomic E-state index is -6.28. The highest BCUT2D eigenvalue weighted by atomic mass is 19.4. The summed E-state index contributed by atoms with van der Waals surface area (Å²) >= 11 is 0. The lowest BCUT2D eigenvalue weighted by molar-refractivity contribution is -0.482. The molecule has 0 saturated carbocycles. The summed E-state index contributed by atoms with van der Waals surface area (Å²) < 4.78 is 110. The first-order valence-electron chi connectivity index (χ1n) is 5.41. The zero-order valence-corrected chi connectivity index (χ0v) is 10.3. The molecule has 4 nitrogen and oxygen atoms in total. The molecule has 0 amide bonds. The molecule has 0 aromatic carbocycles. The fraction of sp³-hybridized carbons (Fsp3) is 0.700. The first-order valence-corrected chi connectivity index (χ1v) is 5.41. The van der Waals surface area contributed by atoms with Crippen molar-refractivity contribution in [2.45, 2.75) is 42.7 Å². The van der Waals surface area contributed by atoms with Gasteiger partial charge in [0.25, 0.3) is 0 Å². The fourth-order valence-corrected chi connectivity index (χ4v) is 1.66. The van der Waals surface area contributed by atoms with Crippen molar-refractivity contribution < 1.29 is 54.5 Å². The maximum atomic E-state index is 13.7. The van der Waals surface area contributed by atoms with E-state index >= 15 is 0 Å². The quantitative estimate of drug-likeness (QED) is 0.475. The van der Waals surface area contributed by atoms with E-state index in [-0.39, 0.29) is 6.08 Å². The van der Waals surface area contributed by atoms with Crippen LogP contribution in [0.5, 0.6) is 0 Å². The molecule has 0 aromatic heterocycles. The number of ether oxygens (including phenoxy) is 2. The molecule has 1 N–H and O–H groups in total. The van der Waals surface area contributed by atoms with E-state index in [0.717, 1.165) is 0 Å². The normalized spacial score (nSPS) is 32.4. The smallest absolute Gasteiger partial charge is 0.449 e. The first-order chi connectivity index (χ1) is 9.66. The third-order valence-electron chi connectivity index (χ3n) is 2.77. The van der Waals surface area contributed by atoms with Crippen molar-refractivity contribution in [3.05, 3.63) is 12.7 Å². The van der Waals surface area contributed by atoms with Crippen molar-refractivity contribution in [1.29, 1.82) is 0 Å². The van der Waals surface area contributed by atoms with Gasteiger partial charge in [-0.2, -0.15) is 35.1 Å². The number of esters is 1. The van der Waals surface area contributed by atoms with Crippen molar-refractivity contribution >= 4 is 5.97 Å². The second-order valence-corrected chi connectivity index (χ2v) is 4.28. The third-order valence-corrected chi connectivity index (χ3v) is 2.77. The summed E-state index contributed by atoms with van der Waals surface area (Å²) in [5.41, 5.74) is 0. The van der Waals surface area contributed by atoms with Gasteiger partial charge in [0.15, 0.2) is 12.2 Å². The Morgan fingerprint density at radius 1 is 1.27 bits per heavy atom. The SMILES string of the molecule is C=CC(=O)OC1CC(C(F)(F)F)OC(O)(C(F)(F)F)C1(F)F. The van der Waals surface area contributed by atoms with Gasteiger partial charge in [0.1, 0.15) is 0 Å². The highest BCUT2D eigenvalue weighted by Gasteiger charge is 2.79. The van der Waals surface area contributed by atoms with Gasteiger partial charge < -0.3 is 14.6 Å². The average Bonchev–Trinajstić information content (AvgIpc) is 2.32. The number of aliphatic hydroxyl groups is 1. The van der Waals surface area contributed by atoms with Crippen LogP contribution < -0.4 is 0 Å². The Bertz CT molecular complexity index is 457. The standard InChI is InChI=1S/C10H8F8O4/c1-2-6(19)21-4-3-5(8(13,14)15)22-9(20,7(4,11)12)10(16,17)18/h2,4-5,20H,1,3H2. The molecule has 12 heteroatoms. The van der Waals surface area contributed by atoms with Crippen LogP contribution in [0.1, 0.15) is 6.42 Å². The lowest BCUT2D eigenvalue weighted by Crippen LogP contribution is -2.71. The zero-order valence-electron chi connectivity index (χ0n) is 10.3. The summed E-state index contributed by atoms with van der Waals surface area (Å²) in [6.07, 6.45) is -20.0. The summed E-state index contributed by atoms with van der Waals surface area (Å²) in [7, 11) is 0. The monoisotopic (exact) mass is 344 g/mol. The van der Waals surface area contributed by atoms with E-state index in [2.05, 4.69) is 16.1 Å². The molecule has 3 atom stereocenters. The minimum Gasteiger partial charge on any atom is -0.452 e. The number of alkyl halides is 8. The highest BCUT2D eigenvalue weighted by molar-refractivity contribution is 5.81. The molecule has 128 valence electrons. The molecular formula is C10H8F8O4. The van der Waals surface area contributed by atoms with Gasteiger partial charge in [0.2, 0.25) is 0 Å². The molecule has 1 aliphatic rings. The molecule has 0 radical (unpaired) electrons. The lowest BCUT2D eigenvalue weighted by atomic mass is 9.92.